The summed E-state index contributed by atoms with van der Waals surface area (Å²) >= 11 is 0. The molecule has 0 N–H and O–H groups in total. The van der Waals surface area contributed by atoms with E-state index in [1.54, 1.807) is 24.3 Å². The lowest BCUT2D eigenvalue weighted by atomic mass is 10.1. The highest BCUT2D eigenvalue weighted by atomic mass is 19.4. The van der Waals surface area contributed by atoms with E-state index in [0.29, 0.717) is 17.9 Å². The SMILES string of the molecule is N#CCc1nc2ccccc2n1Cc1ccc(-c2noc(C(F)(F)F)n2)cc1. The number of rotatable bonds is 4. The molecule has 2 aromatic carbocycles. The van der Waals surface area contributed by atoms with Crippen molar-refractivity contribution in [3.63, 3.8) is 0 Å². The number of para-hydroxylation sites is 2. The lowest BCUT2D eigenvalue weighted by molar-refractivity contribution is -0.159. The summed E-state index contributed by atoms with van der Waals surface area (Å²) in [4.78, 5) is 7.87. The smallest absolute Gasteiger partial charge is 0.329 e. The lowest BCUT2D eigenvalue weighted by Gasteiger charge is -2.08. The number of nitriles is 1. The van der Waals surface area contributed by atoms with Crippen LogP contribution in [0, 0.1) is 11.3 Å². The molecule has 0 bridgehead atoms. The van der Waals surface area contributed by atoms with Crippen LogP contribution in [0.2, 0.25) is 0 Å². The Morgan fingerprint density at radius 1 is 1.04 bits per heavy atom. The molecule has 0 unspecified atom stereocenters. The molecule has 0 saturated carbocycles. The van der Waals surface area contributed by atoms with Gasteiger partial charge in [0.25, 0.3) is 0 Å². The molecule has 28 heavy (non-hydrogen) atoms. The van der Waals surface area contributed by atoms with Gasteiger partial charge in [-0.15, -0.1) is 0 Å². The van der Waals surface area contributed by atoms with Gasteiger partial charge in [-0.05, 0) is 17.7 Å². The number of benzene rings is 2. The first-order valence-electron chi connectivity index (χ1n) is 8.27. The van der Waals surface area contributed by atoms with E-state index in [0.717, 1.165) is 16.6 Å². The monoisotopic (exact) mass is 383 g/mol. The molecule has 140 valence electrons. The maximum atomic E-state index is 12.6. The van der Waals surface area contributed by atoms with Gasteiger partial charge in [0.05, 0.1) is 23.5 Å². The van der Waals surface area contributed by atoms with E-state index in [4.69, 9.17) is 5.26 Å². The van der Waals surface area contributed by atoms with Crippen molar-refractivity contribution in [2.24, 2.45) is 0 Å². The zero-order valence-electron chi connectivity index (χ0n) is 14.3. The van der Waals surface area contributed by atoms with Gasteiger partial charge in [0.1, 0.15) is 5.82 Å². The van der Waals surface area contributed by atoms with E-state index in [1.807, 2.05) is 28.8 Å². The van der Waals surface area contributed by atoms with Crippen LogP contribution in [0.15, 0.2) is 53.1 Å². The Morgan fingerprint density at radius 3 is 2.46 bits per heavy atom. The molecule has 2 heterocycles. The average Bonchev–Trinajstić information content (AvgIpc) is 3.29. The summed E-state index contributed by atoms with van der Waals surface area (Å²) in [6, 6.07) is 16.5. The Balaban J connectivity index is 1.62. The molecule has 0 amide bonds. The lowest BCUT2D eigenvalue weighted by Crippen LogP contribution is -2.05. The second kappa shape index (κ2) is 6.81. The number of aromatic nitrogens is 4. The first-order chi connectivity index (χ1) is 13.5. The van der Waals surface area contributed by atoms with Crippen molar-refractivity contribution in [3.05, 3.63) is 65.8 Å². The maximum Gasteiger partial charge on any atom is 0.471 e. The Kier molecular flexibility index (Phi) is 4.31. The number of fused-ring (bicyclic) bond motifs is 1. The van der Waals surface area contributed by atoms with Crippen LogP contribution in [-0.2, 0) is 19.1 Å². The van der Waals surface area contributed by atoms with Gasteiger partial charge in [0, 0.05) is 12.1 Å². The minimum absolute atomic E-state index is 0.128. The highest BCUT2D eigenvalue weighted by Crippen LogP contribution is 2.29. The molecule has 0 saturated heterocycles. The highest BCUT2D eigenvalue weighted by molar-refractivity contribution is 5.76. The van der Waals surface area contributed by atoms with Crippen molar-refractivity contribution in [2.45, 2.75) is 19.1 Å². The van der Waals surface area contributed by atoms with Crippen LogP contribution in [0.25, 0.3) is 22.4 Å². The molecule has 0 spiro atoms. The summed E-state index contributed by atoms with van der Waals surface area (Å²) in [6.45, 7) is 0.470. The van der Waals surface area contributed by atoms with E-state index < -0.39 is 12.1 Å². The third-order valence-electron chi connectivity index (χ3n) is 4.19. The second-order valence-electron chi connectivity index (χ2n) is 6.06. The van der Waals surface area contributed by atoms with Crippen molar-refractivity contribution in [3.8, 4) is 17.5 Å². The quantitative estimate of drug-likeness (QED) is 0.527. The third kappa shape index (κ3) is 3.32. The van der Waals surface area contributed by atoms with Gasteiger partial charge in [-0.25, -0.2) is 4.98 Å². The van der Waals surface area contributed by atoms with Crippen molar-refractivity contribution in [2.75, 3.05) is 0 Å². The van der Waals surface area contributed by atoms with E-state index in [2.05, 4.69) is 25.7 Å². The molecule has 0 aliphatic heterocycles. The summed E-state index contributed by atoms with van der Waals surface area (Å²) in [5, 5.41) is 12.4. The molecule has 0 atom stereocenters. The Morgan fingerprint density at radius 2 is 1.79 bits per heavy atom. The first-order valence-corrected chi connectivity index (χ1v) is 8.27. The molecule has 0 fully saturated rings. The molecule has 4 rings (SSSR count). The fraction of sp³-hybridized carbons (Fsp3) is 0.158. The van der Waals surface area contributed by atoms with Crippen molar-refractivity contribution in [1.29, 1.82) is 5.26 Å². The number of alkyl halides is 3. The summed E-state index contributed by atoms with van der Waals surface area (Å²) in [5.41, 5.74) is 3.02. The molecule has 6 nitrogen and oxygen atoms in total. The van der Waals surface area contributed by atoms with Gasteiger partial charge in [-0.2, -0.15) is 23.4 Å². The topological polar surface area (TPSA) is 80.5 Å². The maximum absolute atomic E-state index is 12.6. The number of hydrogen-bond donors (Lipinski definition) is 0. The summed E-state index contributed by atoms with van der Waals surface area (Å²) < 4.78 is 44.0. The number of hydrogen-bond acceptors (Lipinski definition) is 5. The van der Waals surface area contributed by atoms with E-state index in [1.165, 1.54) is 0 Å². The largest absolute Gasteiger partial charge is 0.471 e. The zero-order chi connectivity index (χ0) is 19.7. The van der Waals surface area contributed by atoms with E-state index in [-0.39, 0.29) is 12.2 Å². The fourth-order valence-electron chi connectivity index (χ4n) is 2.91. The van der Waals surface area contributed by atoms with E-state index in [9.17, 15) is 13.2 Å². The molecule has 4 aromatic rings. The standard InChI is InChI=1S/C19H12F3N5O/c20-19(21,22)18-25-17(26-28-18)13-7-5-12(6-8-13)11-27-15-4-2-1-3-14(15)24-16(27)9-10-23/h1-8H,9,11H2. The van der Waals surface area contributed by atoms with E-state index >= 15 is 0 Å². The summed E-state index contributed by atoms with van der Waals surface area (Å²) in [7, 11) is 0. The second-order valence-corrected chi connectivity index (χ2v) is 6.06. The van der Waals surface area contributed by atoms with Crippen LogP contribution in [0.1, 0.15) is 17.3 Å². The molecule has 9 heteroatoms. The number of nitrogens with zero attached hydrogens (tertiary/aromatic N) is 5. The van der Waals surface area contributed by atoms with Gasteiger partial charge in [-0.1, -0.05) is 41.6 Å². The van der Waals surface area contributed by atoms with Gasteiger partial charge in [0.15, 0.2) is 0 Å². The normalized spacial score (nSPS) is 11.6. The van der Waals surface area contributed by atoms with Gasteiger partial charge in [0.2, 0.25) is 5.82 Å². The Hall–Kier alpha value is -3.67. The van der Waals surface area contributed by atoms with Crippen LogP contribution in [0.4, 0.5) is 13.2 Å². The molecule has 0 radical (unpaired) electrons. The van der Waals surface area contributed by atoms with Crippen molar-refractivity contribution < 1.29 is 17.7 Å². The van der Waals surface area contributed by atoms with Crippen LogP contribution in [0.3, 0.4) is 0 Å². The Labute approximate surface area is 156 Å². The first kappa shape index (κ1) is 17.7. The Bertz CT molecular complexity index is 1170. The minimum Gasteiger partial charge on any atom is -0.329 e. The van der Waals surface area contributed by atoms with Gasteiger partial charge in [-0.3, -0.25) is 0 Å². The molecule has 2 aromatic heterocycles. The summed E-state index contributed by atoms with van der Waals surface area (Å²) in [6.07, 6.45) is -4.50. The fourth-order valence-corrected chi connectivity index (χ4v) is 2.91. The zero-order valence-corrected chi connectivity index (χ0v) is 14.3. The van der Waals surface area contributed by atoms with Crippen molar-refractivity contribution >= 4 is 11.0 Å². The van der Waals surface area contributed by atoms with Crippen LogP contribution >= 0.6 is 0 Å². The molecular formula is C19H12F3N5O. The van der Waals surface area contributed by atoms with Gasteiger partial charge < -0.3 is 9.09 Å². The van der Waals surface area contributed by atoms with Crippen molar-refractivity contribution in [1.82, 2.24) is 19.7 Å². The average molecular weight is 383 g/mol. The van der Waals surface area contributed by atoms with Crippen LogP contribution in [0.5, 0.6) is 0 Å². The molecular weight excluding hydrogens is 371 g/mol. The number of halogens is 3. The van der Waals surface area contributed by atoms with Crippen LogP contribution in [-0.4, -0.2) is 19.7 Å². The predicted octanol–water partition coefficient (Wildman–Crippen LogP) is 4.22. The number of imidazole rings is 1. The van der Waals surface area contributed by atoms with Crippen LogP contribution < -0.4 is 0 Å². The third-order valence-corrected chi connectivity index (χ3v) is 4.19. The van der Waals surface area contributed by atoms with Gasteiger partial charge >= 0.3 is 12.1 Å². The molecule has 0 aliphatic carbocycles. The highest BCUT2D eigenvalue weighted by Gasteiger charge is 2.38. The minimum atomic E-state index is -4.68. The predicted molar refractivity (Wildman–Crippen MR) is 92.9 cm³/mol. The summed E-state index contributed by atoms with van der Waals surface area (Å²) in [5.74, 6) is -0.851. The molecule has 0 aliphatic rings.